The minimum atomic E-state index is -0.352. The van der Waals surface area contributed by atoms with E-state index in [-0.39, 0.29) is 18.6 Å². The Balaban J connectivity index is 2.62. The van der Waals surface area contributed by atoms with E-state index in [1.54, 1.807) is 0 Å². The highest BCUT2D eigenvalue weighted by atomic mass is 16.1. The van der Waals surface area contributed by atoms with Crippen molar-refractivity contribution in [2.75, 3.05) is 11.9 Å². The van der Waals surface area contributed by atoms with Crippen molar-refractivity contribution in [3.05, 3.63) is 29.3 Å². The molecule has 0 aliphatic rings. The molecule has 0 saturated heterocycles. The van der Waals surface area contributed by atoms with Crippen molar-refractivity contribution < 1.29 is 4.79 Å². The van der Waals surface area contributed by atoms with E-state index in [1.807, 2.05) is 13.0 Å². The van der Waals surface area contributed by atoms with Gasteiger partial charge in [0.1, 0.15) is 0 Å². The first-order valence-electron chi connectivity index (χ1n) is 5.35. The Kier molecular flexibility index (Phi) is 4.31. The SMILES string of the molecule is Cc1cccc(C)c1NC(C)NCC(N)=O. The molecule has 0 heterocycles. The predicted octanol–water partition coefficient (Wildman–Crippen LogP) is 1.14. The molecule has 4 heteroatoms. The van der Waals surface area contributed by atoms with Crippen molar-refractivity contribution in [1.29, 1.82) is 0 Å². The molecule has 0 aliphatic carbocycles. The summed E-state index contributed by atoms with van der Waals surface area (Å²) in [5.74, 6) is -0.352. The highest BCUT2D eigenvalue weighted by Crippen LogP contribution is 2.19. The summed E-state index contributed by atoms with van der Waals surface area (Å²) in [5, 5.41) is 6.31. The van der Waals surface area contributed by atoms with Gasteiger partial charge in [-0.15, -0.1) is 0 Å². The van der Waals surface area contributed by atoms with Gasteiger partial charge in [-0.3, -0.25) is 10.1 Å². The number of nitrogens with one attached hydrogen (secondary N) is 2. The van der Waals surface area contributed by atoms with Gasteiger partial charge in [-0.05, 0) is 31.9 Å². The van der Waals surface area contributed by atoms with Gasteiger partial charge in [-0.25, -0.2) is 0 Å². The molecule has 0 spiro atoms. The van der Waals surface area contributed by atoms with E-state index < -0.39 is 0 Å². The second-order valence-corrected chi connectivity index (χ2v) is 3.98. The molecule has 1 atom stereocenters. The number of hydrogen-bond donors (Lipinski definition) is 3. The van der Waals surface area contributed by atoms with Crippen LogP contribution in [0.1, 0.15) is 18.1 Å². The Morgan fingerprint density at radius 2 is 1.94 bits per heavy atom. The van der Waals surface area contributed by atoms with Crippen molar-refractivity contribution in [3.63, 3.8) is 0 Å². The Bertz CT molecular complexity index is 356. The quantitative estimate of drug-likeness (QED) is 0.653. The topological polar surface area (TPSA) is 67.2 Å². The lowest BCUT2D eigenvalue weighted by atomic mass is 10.1. The molecular weight excluding hydrogens is 202 g/mol. The van der Waals surface area contributed by atoms with Gasteiger partial charge in [0, 0.05) is 5.69 Å². The minimum Gasteiger partial charge on any atom is -0.370 e. The summed E-state index contributed by atoms with van der Waals surface area (Å²) in [6.45, 7) is 6.24. The smallest absolute Gasteiger partial charge is 0.231 e. The summed E-state index contributed by atoms with van der Waals surface area (Å²) in [7, 11) is 0. The third-order valence-corrected chi connectivity index (χ3v) is 2.42. The Morgan fingerprint density at radius 1 is 1.38 bits per heavy atom. The molecule has 0 aliphatic heterocycles. The molecule has 1 rings (SSSR count). The number of nitrogens with two attached hydrogens (primary N) is 1. The van der Waals surface area contributed by atoms with E-state index in [4.69, 9.17) is 5.73 Å². The number of amides is 1. The molecule has 0 bridgehead atoms. The number of carbonyl (C=O) groups is 1. The number of benzene rings is 1. The van der Waals surface area contributed by atoms with E-state index in [0.29, 0.717) is 0 Å². The zero-order valence-electron chi connectivity index (χ0n) is 10.0. The standard InChI is InChI=1S/C12H19N3O/c1-8-5-4-6-9(2)12(8)15-10(3)14-7-11(13)16/h4-6,10,14-15H,7H2,1-3H3,(H2,13,16). The summed E-state index contributed by atoms with van der Waals surface area (Å²) in [4.78, 5) is 10.6. The van der Waals surface area contributed by atoms with Crippen molar-refractivity contribution in [2.24, 2.45) is 5.73 Å². The largest absolute Gasteiger partial charge is 0.370 e. The predicted molar refractivity (Wildman–Crippen MR) is 66.2 cm³/mol. The van der Waals surface area contributed by atoms with Gasteiger partial charge < -0.3 is 11.1 Å². The fourth-order valence-electron chi connectivity index (χ4n) is 1.56. The lowest BCUT2D eigenvalue weighted by Gasteiger charge is -2.19. The van der Waals surface area contributed by atoms with Crippen LogP contribution in [0.15, 0.2) is 18.2 Å². The van der Waals surface area contributed by atoms with E-state index in [9.17, 15) is 4.79 Å². The van der Waals surface area contributed by atoms with Gasteiger partial charge >= 0.3 is 0 Å². The molecule has 4 N–H and O–H groups in total. The van der Waals surface area contributed by atoms with Gasteiger partial charge in [0.2, 0.25) is 5.91 Å². The number of hydrogen-bond acceptors (Lipinski definition) is 3. The average Bonchev–Trinajstić information content (AvgIpc) is 2.21. The first-order chi connectivity index (χ1) is 7.50. The van der Waals surface area contributed by atoms with E-state index >= 15 is 0 Å². The lowest BCUT2D eigenvalue weighted by molar-refractivity contribution is -0.117. The van der Waals surface area contributed by atoms with Crippen molar-refractivity contribution >= 4 is 11.6 Å². The zero-order chi connectivity index (χ0) is 12.1. The van der Waals surface area contributed by atoms with Crippen LogP contribution in [0.25, 0.3) is 0 Å². The second-order valence-electron chi connectivity index (χ2n) is 3.98. The molecule has 1 amide bonds. The van der Waals surface area contributed by atoms with Crippen LogP contribution in [0.4, 0.5) is 5.69 Å². The average molecular weight is 221 g/mol. The van der Waals surface area contributed by atoms with Crippen LogP contribution in [0.2, 0.25) is 0 Å². The first-order valence-corrected chi connectivity index (χ1v) is 5.35. The van der Waals surface area contributed by atoms with Crippen LogP contribution in [-0.4, -0.2) is 18.6 Å². The van der Waals surface area contributed by atoms with Crippen LogP contribution < -0.4 is 16.4 Å². The molecule has 0 fully saturated rings. The van der Waals surface area contributed by atoms with Crippen LogP contribution in [0.3, 0.4) is 0 Å². The summed E-state index contributed by atoms with van der Waals surface area (Å²) in [6, 6.07) is 6.13. The molecule has 16 heavy (non-hydrogen) atoms. The highest BCUT2D eigenvalue weighted by Gasteiger charge is 2.06. The third kappa shape index (κ3) is 3.55. The lowest BCUT2D eigenvalue weighted by Crippen LogP contribution is -2.39. The molecule has 0 saturated carbocycles. The summed E-state index contributed by atoms with van der Waals surface area (Å²) < 4.78 is 0. The number of rotatable bonds is 5. The molecule has 0 aromatic heterocycles. The summed E-state index contributed by atoms with van der Waals surface area (Å²) >= 11 is 0. The maximum atomic E-state index is 10.6. The number of carbonyl (C=O) groups excluding carboxylic acids is 1. The Hall–Kier alpha value is -1.55. The molecule has 1 aromatic carbocycles. The number of anilines is 1. The minimum absolute atomic E-state index is 0.00676. The maximum Gasteiger partial charge on any atom is 0.231 e. The Labute approximate surface area is 96.2 Å². The van der Waals surface area contributed by atoms with Gasteiger partial charge in [0.25, 0.3) is 0 Å². The molecule has 1 aromatic rings. The fraction of sp³-hybridized carbons (Fsp3) is 0.417. The molecular formula is C12H19N3O. The second kappa shape index (κ2) is 5.51. The van der Waals surface area contributed by atoms with Gasteiger partial charge in [0.15, 0.2) is 0 Å². The number of primary amides is 1. The third-order valence-electron chi connectivity index (χ3n) is 2.42. The Morgan fingerprint density at radius 3 is 2.44 bits per heavy atom. The number of para-hydroxylation sites is 1. The monoisotopic (exact) mass is 221 g/mol. The van der Waals surface area contributed by atoms with Crippen LogP contribution >= 0.6 is 0 Å². The summed E-state index contributed by atoms with van der Waals surface area (Å²) in [6.07, 6.45) is 0.00676. The highest BCUT2D eigenvalue weighted by molar-refractivity contribution is 5.76. The van der Waals surface area contributed by atoms with Crippen molar-refractivity contribution in [3.8, 4) is 0 Å². The molecule has 4 nitrogen and oxygen atoms in total. The van der Waals surface area contributed by atoms with Gasteiger partial charge in [-0.2, -0.15) is 0 Å². The normalized spacial score (nSPS) is 12.2. The molecule has 0 radical (unpaired) electrons. The van der Waals surface area contributed by atoms with Gasteiger partial charge in [-0.1, -0.05) is 18.2 Å². The number of aryl methyl sites for hydroxylation is 2. The van der Waals surface area contributed by atoms with Gasteiger partial charge in [0.05, 0.1) is 12.7 Å². The molecule has 88 valence electrons. The molecule has 1 unspecified atom stereocenters. The van der Waals surface area contributed by atoms with Crippen LogP contribution in [0, 0.1) is 13.8 Å². The van der Waals surface area contributed by atoms with Crippen molar-refractivity contribution in [2.45, 2.75) is 26.9 Å². The van der Waals surface area contributed by atoms with E-state index in [0.717, 1.165) is 5.69 Å². The van der Waals surface area contributed by atoms with E-state index in [2.05, 4.69) is 36.6 Å². The van der Waals surface area contributed by atoms with Crippen molar-refractivity contribution in [1.82, 2.24) is 5.32 Å². The van der Waals surface area contributed by atoms with Crippen LogP contribution in [0.5, 0.6) is 0 Å². The van der Waals surface area contributed by atoms with Crippen LogP contribution in [-0.2, 0) is 4.79 Å². The first kappa shape index (κ1) is 12.5. The zero-order valence-corrected chi connectivity index (χ0v) is 10.0. The fourth-order valence-corrected chi connectivity index (χ4v) is 1.56. The summed E-state index contributed by atoms with van der Waals surface area (Å²) in [5.41, 5.74) is 8.54. The van der Waals surface area contributed by atoms with E-state index in [1.165, 1.54) is 11.1 Å². The maximum absolute atomic E-state index is 10.6.